The van der Waals surface area contributed by atoms with Crippen LogP contribution in [0.25, 0.3) is 0 Å². The highest BCUT2D eigenvalue weighted by Gasteiger charge is 2.23. The first-order valence-corrected chi connectivity index (χ1v) is 8.13. The van der Waals surface area contributed by atoms with E-state index >= 15 is 0 Å². The smallest absolute Gasteiger partial charge is 0.180 e. The van der Waals surface area contributed by atoms with Crippen molar-refractivity contribution in [2.45, 2.75) is 25.8 Å². The van der Waals surface area contributed by atoms with Crippen molar-refractivity contribution in [1.82, 2.24) is 9.88 Å². The van der Waals surface area contributed by atoms with Crippen molar-refractivity contribution in [2.24, 2.45) is 0 Å². The molecule has 0 aliphatic rings. The summed E-state index contributed by atoms with van der Waals surface area (Å²) in [6.45, 7) is 2.83. The molecule has 0 bridgehead atoms. The molecule has 1 aromatic carbocycles. The molecule has 128 valence electrons. The number of anilines is 1. The Balaban J connectivity index is 2.06. The number of methoxy groups -OCH3 is 1. The molecular formula is C19H25N3O2. The molecule has 0 spiro atoms. The molecule has 5 nitrogen and oxygen atoms in total. The Bertz CT molecular complexity index is 674. The average Bonchev–Trinajstić information content (AvgIpc) is 2.61. The number of carbonyl (C=O) groups excluding carboxylic acids is 1. The van der Waals surface area contributed by atoms with E-state index in [1.54, 1.807) is 37.7 Å². The van der Waals surface area contributed by atoms with Gasteiger partial charge in [0.05, 0.1) is 18.8 Å². The number of Topliss-reactive ketones (excluding diaryl/α,β-unsaturated/α-hetero) is 1. The minimum absolute atomic E-state index is 0.0871. The number of hydrogen-bond donors (Lipinski definition) is 1. The first-order valence-electron chi connectivity index (χ1n) is 8.13. The van der Waals surface area contributed by atoms with Crippen LogP contribution in [0.15, 0.2) is 42.7 Å². The molecule has 0 amide bonds. The molecule has 0 fully saturated rings. The van der Waals surface area contributed by atoms with Gasteiger partial charge in [-0.05, 0) is 55.8 Å². The lowest BCUT2D eigenvalue weighted by atomic mass is 10.00. The Hall–Kier alpha value is -2.40. The molecule has 0 saturated heterocycles. The molecule has 1 aromatic heterocycles. The van der Waals surface area contributed by atoms with Crippen LogP contribution in [0.4, 0.5) is 5.69 Å². The number of nitrogen functional groups attached to an aromatic ring is 1. The molecule has 5 heteroatoms. The summed E-state index contributed by atoms with van der Waals surface area (Å²) >= 11 is 0. The summed E-state index contributed by atoms with van der Waals surface area (Å²) in [6, 6.07) is 9.05. The average molecular weight is 327 g/mol. The minimum Gasteiger partial charge on any atom is -0.495 e. The first kappa shape index (κ1) is 17.9. The predicted octanol–water partition coefficient (Wildman–Crippen LogP) is 2.81. The van der Waals surface area contributed by atoms with Gasteiger partial charge in [0.2, 0.25) is 0 Å². The third-order valence-corrected chi connectivity index (χ3v) is 4.24. The molecule has 0 aliphatic heterocycles. The highest BCUT2D eigenvalue weighted by atomic mass is 16.5. The highest BCUT2D eigenvalue weighted by molar-refractivity contribution is 6.01. The summed E-state index contributed by atoms with van der Waals surface area (Å²) in [5, 5.41) is 0. The molecular weight excluding hydrogens is 302 g/mol. The third kappa shape index (κ3) is 4.32. The Labute approximate surface area is 143 Å². The first-order chi connectivity index (χ1) is 11.6. The number of rotatable bonds is 8. The molecule has 1 heterocycles. The van der Waals surface area contributed by atoms with Crippen LogP contribution in [0, 0.1) is 0 Å². The summed E-state index contributed by atoms with van der Waals surface area (Å²) in [5.41, 5.74) is 8.25. The summed E-state index contributed by atoms with van der Waals surface area (Å²) in [6.07, 6.45) is 5.21. The Morgan fingerprint density at radius 1 is 1.29 bits per heavy atom. The maximum atomic E-state index is 12.8. The van der Waals surface area contributed by atoms with Crippen molar-refractivity contribution < 1.29 is 9.53 Å². The SMILES string of the molecule is CCC(C(=O)c1ccc(OC)c(N)c1)N(C)CCc1ccncc1. The molecule has 24 heavy (non-hydrogen) atoms. The van der Waals surface area contributed by atoms with E-state index in [-0.39, 0.29) is 11.8 Å². The van der Waals surface area contributed by atoms with Crippen LogP contribution in [0.1, 0.15) is 29.3 Å². The lowest BCUT2D eigenvalue weighted by Crippen LogP contribution is -2.39. The topological polar surface area (TPSA) is 68.5 Å². The van der Waals surface area contributed by atoms with Gasteiger partial charge in [-0.2, -0.15) is 0 Å². The van der Waals surface area contributed by atoms with Crippen LogP contribution in [-0.2, 0) is 6.42 Å². The predicted molar refractivity (Wildman–Crippen MR) is 96.4 cm³/mol. The quantitative estimate of drug-likeness (QED) is 0.596. The fraction of sp³-hybridized carbons (Fsp3) is 0.368. The van der Waals surface area contributed by atoms with Crippen molar-refractivity contribution in [3.63, 3.8) is 0 Å². The summed E-state index contributed by atoms with van der Waals surface area (Å²) in [5.74, 6) is 0.676. The molecule has 1 unspecified atom stereocenters. The second kappa shape index (κ2) is 8.45. The molecule has 2 N–H and O–H groups in total. The van der Waals surface area contributed by atoms with Gasteiger partial charge in [0, 0.05) is 24.5 Å². The number of nitrogens with two attached hydrogens (primary N) is 1. The Morgan fingerprint density at radius 2 is 2.00 bits per heavy atom. The number of pyridine rings is 1. The van der Waals surface area contributed by atoms with Crippen LogP contribution in [0.5, 0.6) is 5.75 Å². The molecule has 0 aliphatic carbocycles. The number of hydrogen-bond acceptors (Lipinski definition) is 5. The van der Waals surface area contributed by atoms with Crippen LogP contribution in [0.2, 0.25) is 0 Å². The zero-order valence-corrected chi connectivity index (χ0v) is 14.5. The van der Waals surface area contributed by atoms with Gasteiger partial charge in [0.25, 0.3) is 0 Å². The van der Waals surface area contributed by atoms with Gasteiger partial charge < -0.3 is 10.5 Å². The van der Waals surface area contributed by atoms with Gasteiger partial charge in [-0.15, -0.1) is 0 Å². The number of ether oxygens (including phenoxy) is 1. The second-order valence-corrected chi connectivity index (χ2v) is 5.83. The van der Waals surface area contributed by atoms with Crippen LogP contribution >= 0.6 is 0 Å². The Morgan fingerprint density at radius 3 is 2.58 bits per heavy atom. The summed E-state index contributed by atoms with van der Waals surface area (Å²) in [4.78, 5) is 19.0. The minimum atomic E-state index is -0.167. The van der Waals surface area contributed by atoms with Crippen LogP contribution in [0.3, 0.4) is 0 Å². The number of carbonyl (C=O) groups is 1. The monoisotopic (exact) mass is 327 g/mol. The van der Waals surface area contributed by atoms with Crippen LogP contribution in [-0.4, -0.2) is 42.4 Å². The lowest BCUT2D eigenvalue weighted by Gasteiger charge is -2.26. The largest absolute Gasteiger partial charge is 0.495 e. The van der Waals surface area contributed by atoms with E-state index in [1.165, 1.54) is 5.56 Å². The van der Waals surface area contributed by atoms with Gasteiger partial charge >= 0.3 is 0 Å². The van der Waals surface area contributed by atoms with E-state index in [9.17, 15) is 4.79 Å². The number of nitrogens with zero attached hydrogens (tertiary/aromatic N) is 2. The van der Waals surface area contributed by atoms with Crippen molar-refractivity contribution >= 4 is 11.5 Å². The fourth-order valence-electron chi connectivity index (χ4n) is 2.79. The van der Waals surface area contributed by atoms with Gasteiger partial charge in [0.15, 0.2) is 5.78 Å². The van der Waals surface area contributed by atoms with E-state index in [4.69, 9.17) is 10.5 Å². The van der Waals surface area contributed by atoms with Crippen molar-refractivity contribution in [3.05, 3.63) is 53.9 Å². The number of likely N-dealkylation sites (N-methyl/N-ethyl adjacent to an activating group) is 1. The van der Waals surface area contributed by atoms with Gasteiger partial charge in [0.1, 0.15) is 5.75 Å². The lowest BCUT2D eigenvalue weighted by molar-refractivity contribution is 0.0847. The molecule has 0 radical (unpaired) electrons. The Kier molecular flexibility index (Phi) is 6.32. The molecule has 0 saturated carbocycles. The zero-order chi connectivity index (χ0) is 17.5. The molecule has 1 atom stereocenters. The third-order valence-electron chi connectivity index (χ3n) is 4.24. The van der Waals surface area contributed by atoms with Crippen LogP contribution < -0.4 is 10.5 Å². The van der Waals surface area contributed by atoms with Gasteiger partial charge in [-0.1, -0.05) is 6.92 Å². The highest BCUT2D eigenvalue weighted by Crippen LogP contribution is 2.23. The number of ketones is 1. The molecule has 2 aromatic rings. The maximum Gasteiger partial charge on any atom is 0.180 e. The van der Waals surface area contributed by atoms with E-state index in [2.05, 4.69) is 9.88 Å². The van der Waals surface area contributed by atoms with E-state index in [1.807, 2.05) is 26.1 Å². The van der Waals surface area contributed by atoms with E-state index < -0.39 is 0 Å². The molecule has 2 rings (SSSR count). The van der Waals surface area contributed by atoms with Crippen molar-refractivity contribution in [2.75, 3.05) is 26.4 Å². The summed E-state index contributed by atoms with van der Waals surface area (Å²) < 4.78 is 5.15. The van der Waals surface area contributed by atoms with Gasteiger partial charge in [-0.3, -0.25) is 14.7 Å². The maximum absolute atomic E-state index is 12.8. The van der Waals surface area contributed by atoms with Gasteiger partial charge in [-0.25, -0.2) is 0 Å². The zero-order valence-electron chi connectivity index (χ0n) is 14.5. The van der Waals surface area contributed by atoms with Crippen molar-refractivity contribution in [3.8, 4) is 5.75 Å². The van der Waals surface area contributed by atoms with E-state index in [0.29, 0.717) is 17.0 Å². The number of aromatic nitrogens is 1. The second-order valence-electron chi connectivity index (χ2n) is 5.83. The standard InChI is InChI=1S/C19H25N3O2/c1-4-17(22(2)12-9-14-7-10-21-11-8-14)19(23)15-5-6-18(24-3)16(20)13-15/h5-8,10-11,13,17H,4,9,12,20H2,1-3H3. The van der Waals surface area contributed by atoms with Crippen molar-refractivity contribution in [1.29, 1.82) is 0 Å². The summed E-state index contributed by atoms with van der Waals surface area (Å²) in [7, 11) is 3.55. The number of benzene rings is 1. The fourth-order valence-corrected chi connectivity index (χ4v) is 2.79. The van der Waals surface area contributed by atoms with E-state index in [0.717, 1.165) is 19.4 Å². The normalized spacial score (nSPS) is 12.2.